The molecular formula is C16H10N2Se2. The molecule has 0 aromatic heterocycles. The van der Waals surface area contributed by atoms with E-state index < -0.39 is 0 Å². The van der Waals surface area contributed by atoms with Crippen LogP contribution in [0.2, 0.25) is 0 Å². The van der Waals surface area contributed by atoms with Crippen molar-refractivity contribution in [3.63, 3.8) is 0 Å². The van der Waals surface area contributed by atoms with Crippen molar-refractivity contribution in [2.24, 2.45) is 0 Å². The summed E-state index contributed by atoms with van der Waals surface area (Å²) in [7, 11) is 0. The van der Waals surface area contributed by atoms with Crippen LogP contribution in [0.15, 0.2) is 59.6 Å². The van der Waals surface area contributed by atoms with Crippen molar-refractivity contribution in [3.8, 4) is 21.1 Å². The van der Waals surface area contributed by atoms with Crippen molar-refractivity contribution in [3.05, 3.63) is 65.1 Å². The molecule has 0 saturated carbocycles. The molecule has 96 valence electrons. The van der Waals surface area contributed by atoms with Gasteiger partial charge in [0.1, 0.15) is 0 Å². The SMILES string of the molecule is N#C[Se]/C=C(/[Se]C#N)c1ccc(-c2ccccc2)cc1. The summed E-state index contributed by atoms with van der Waals surface area (Å²) < 4.78 is 1.00. The summed E-state index contributed by atoms with van der Waals surface area (Å²) in [4.78, 5) is 6.28. The zero-order valence-electron chi connectivity index (χ0n) is 10.5. The van der Waals surface area contributed by atoms with Crippen molar-refractivity contribution in [2.45, 2.75) is 0 Å². The molecule has 2 rings (SSSR count). The van der Waals surface area contributed by atoms with Gasteiger partial charge in [-0.25, -0.2) is 0 Å². The van der Waals surface area contributed by atoms with Crippen LogP contribution in [0.25, 0.3) is 15.6 Å². The van der Waals surface area contributed by atoms with E-state index in [2.05, 4.69) is 34.2 Å². The maximum atomic E-state index is 8.89. The molecule has 0 heterocycles. The van der Waals surface area contributed by atoms with Crippen LogP contribution >= 0.6 is 0 Å². The first-order chi connectivity index (χ1) is 9.85. The summed E-state index contributed by atoms with van der Waals surface area (Å²) in [6.07, 6.45) is 0. The molecular weight excluding hydrogens is 378 g/mol. The Balaban J connectivity index is 2.28. The molecule has 0 bridgehead atoms. The monoisotopic (exact) mass is 390 g/mol. The Morgan fingerprint density at radius 3 is 2.10 bits per heavy atom. The van der Waals surface area contributed by atoms with Crippen LogP contribution in [0, 0.1) is 20.5 Å². The summed E-state index contributed by atoms with van der Waals surface area (Å²) in [5.41, 5.74) is 3.38. The molecule has 0 saturated heterocycles. The molecule has 0 N–H and O–H groups in total. The van der Waals surface area contributed by atoms with E-state index in [1.54, 1.807) is 0 Å². The molecule has 4 heteroatoms. The average molecular weight is 388 g/mol. The van der Waals surface area contributed by atoms with E-state index in [9.17, 15) is 0 Å². The predicted octanol–water partition coefficient (Wildman–Crippen LogP) is 3.02. The van der Waals surface area contributed by atoms with Crippen molar-refractivity contribution in [2.75, 3.05) is 0 Å². The first-order valence-electron chi connectivity index (χ1n) is 5.82. The molecule has 2 aromatic rings. The summed E-state index contributed by atoms with van der Waals surface area (Å²) in [6.45, 7) is 0. The third-order valence-corrected chi connectivity index (χ3v) is 5.76. The van der Waals surface area contributed by atoms with E-state index >= 15 is 0 Å². The minimum atomic E-state index is -0.229. The van der Waals surface area contributed by atoms with Crippen molar-refractivity contribution in [1.82, 2.24) is 0 Å². The Morgan fingerprint density at radius 2 is 1.50 bits per heavy atom. The van der Waals surface area contributed by atoms with Crippen molar-refractivity contribution >= 4 is 34.4 Å². The van der Waals surface area contributed by atoms with E-state index in [4.69, 9.17) is 10.5 Å². The molecule has 0 aliphatic heterocycles. The third kappa shape index (κ3) is 3.84. The van der Waals surface area contributed by atoms with Crippen LogP contribution in [0.1, 0.15) is 5.56 Å². The Morgan fingerprint density at radius 1 is 0.850 bits per heavy atom. The number of nitriles is 2. The van der Waals surface area contributed by atoms with Gasteiger partial charge in [0, 0.05) is 0 Å². The van der Waals surface area contributed by atoms with Gasteiger partial charge < -0.3 is 0 Å². The van der Waals surface area contributed by atoms with Gasteiger partial charge in [0.2, 0.25) is 0 Å². The molecule has 0 spiro atoms. The van der Waals surface area contributed by atoms with E-state index in [1.807, 2.05) is 35.3 Å². The van der Waals surface area contributed by atoms with Crippen molar-refractivity contribution in [1.29, 1.82) is 10.5 Å². The third-order valence-electron chi connectivity index (χ3n) is 2.65. The van der Waals surface area contributed by atoms with Gasteiger partial charge in [0.15, 0.2) is 0 Å². The Labute approximate surface area is 131 Å². The van der Waals surface area contributed by atoms with Gasteiger partial charge in [-0.3, -0.25) is 0 Å². The Hall–Kier alpha value is -1.80. The Bertz CT molecular complexity index is 677. The summed E-state index contributed by atoms with van der Waals surface area (Å²) in [5, 5.41) is 17.6. The van der Waals surface area contributed by atoms with Gasteiger partial charge in [-0.05, 0) is 0 Å². The number of hydrogen-bond donors (Lipinski definition) is 0. The first-order valence-corrected chi connectivity index (χ1v) is 9.37. The van der Waals surface area contributed by atoms with E-state index in [1.165, 1.54) is 5.56 Å². The predicted molar refractivity (Wildman–Crippen MR) is 82.6 cm³/mol. The van der Waals surface area contributed by atoms with Gasteiger partial charge >= 0.3 is 131 Å². The molecule has 0 unspecified atom stereocenters. The fraction of sp³-hybridized carbons (Fsp3) is 0. The van der Waals surface area contributed by atoms with Crippen molar-refractivity contribution < 1.29 is 0 Å². The average Bonchev–Trinajstić information content (AvgIpc) is 2.52. The molecule has 20 heavy (non-hydrogen) atoms. The van der Waals surface area contributed by atoms with Gasteiger partial charge in [0.05, 0.1) is 0 Å². The normalized spacial score (nSPS) is 10.6. The molecule has 0 radical (unpaired) electrons. The summed E-state index contributed by atoms with van der Waals surface area (Å²) in [5.74, 6) is 0. The second-order valence-corrected chi connectivity index (χ2v) is 6.93. The van der Waals surface area contributed by atoms with Crippen LogP contribution in [0.4, 0.5) is 0 Å². The van der Waals surface area contributed by atoms with E-state index in [0.717, 1.165) is 15.6 Å². The van der Waals surface area contributed by atoms with Crippen LogP contribution in [0.3, 0.4) is 0 Å². The number of hydrogen-bond acceptors (Lipinski definition) is 2. The molecule has 0 amide bonds. The zero-order chi connectivity index (χ0) is 14.2. The maximum absolute atomic E-state index is 8.89. The molecule has 2 aromatic carbocycles. The molecule has 2 nitrogen and oxygen atoms in total. The minimum absolute atomic E-state index is 0.188. The van der Waals surface area contributed by atoms with Gasteiger partial charge in [-0.2, -0.15) is 0 Å². The number of benzene rings is 2. The zero-order valence-corrected chi connectivity index (χ0v) is 13.9. The first kappa shape index (κ1) is 14.6. The van der Waals surface area contributed by atoms with E-state index in [-0.39, 0.29) is 29.9 Å². The fourth-order valence-corrected chi connectivity index (χ4v) is 4.25. The topological polar surface area (TPSA) is 47.6 Å². The second-order valence-electron chi connectivity index (χ2n) is 3.83. The van der Waals surface area contributed by atoms with Crippen LogP contribution in [-0.2, 0) is 0 Å². The second kappa shape index (κ2) is 7.71. The molecule has 0 aliphatic carbocycles. The van der Waals surface area contributed by atoms with Crippen LogP contribution < -0.4 is 0 Å². The van der Waals surface area contributed by atoms with Gasteiger partial charge in [0.25, 0.3) is 0 Å². The molecule has 0 fully saturated rings. The molecule has 0 aliphatic rings. The quantitative estimate of drug-likeness (QED) is 0.757. The van der Waals surface area contributed by atoms with Crippen LogP contribution in [-0.4, -0.2) is 29.9 Å². The number of rotatable bonds is 4. The summed E-state index contributed by atoms with van der Waals surface area (Å²) in [6, 6.07) is 18.4. The molecule has 0 atom stereocenters. The van der Waals surface area contributed by atoms with Crippen LogP contribution in [0.5, 0.6) is 0 Å². The van der Waals surface area contributed by atoms with Gasteiger partial charge in [-0.1, -0.05) is 0 Å². The standard InChI is InChI=1S/C16H10N2Se2/c17-11-19-10-16(20-12-18)15-8-6-14(7-9-15)13-4-2-1-3-5-13/h1-10H/b16-10+. The fourth-order valence-electron chi connectivity index (χ4n) is 1.74. The number of nitrogens with zero attached hydrogens (tertiary/aromatic N) is 2. The Kier molecular flexibility index (Phi) is 5.63. The van der Waals surface area contributed by atoms with Gasteiger partial charge in [-0.15, -0.1) is 0 Å². The van der Waals surface area contributed by atoms with E-state index in [0.29, 0.717) is 0 Å². The summed E-state index contributed by atoms with van der Waals surface area (Å²) >= 11 is -0.418.